The molecule has 32 heavy (non-hydrogen) atoms. The molecule has 0 radical (unpaired) electrons. The number of hydrogen-bond donors (Lipinski definition) is 0. The van der Waals surface area contributed by atoms with Crippen LogP contribution in [0.5, 0.6) is 0 Å². The van der Waals surface area contributed by atoms with Crippen molar-refractivity contribution in [3.8, 4) is 5.69 Å². The van der Waals surface area contributed by atoms with Crippen LogP contribution in [-0.2, 0) is 4.79 Å². The molecular formula is C23H30ClN7O. The summed E-state index contributed by atoms with van der Waals surface area (Å²) in [4.78, 5) is 28.1. The summed E-state index contributed by atoms with van der Waals surface area (Å²) in [5.74, 6) is 1.09. The molecule has 3 heterocycles. The van der Waals surface area contributed by atoms with Crippen molar-refractivity contribution in [3.05, 3.63) is 41.8 Å². The van der Waals surface area contributed by atoms with Gasteiger partial charge < -0.3 is 14.7 Å². The predicted molar refractivity (Wildman–Crippen MR) is 127 cm³/mol. The molecule has 0 atom stereocenters. The van der Waals surface area contributed by atoms with E-state index in [-0.39, 0.29) is 5.91 Å². The lowest BCUT2D eigenvalue weighted by Gasteiger charge is -2.35. The number of fused-ring (bicyclic) bond motifs is 1. The first-order valence-corrected chi connectivity index (χ1v) is 11.6. The quantitative estimate of drug-likeness (QED) is 0.519. The van der Waals surface area contributed by atoms with E-state index in [0.717, 1.165) is 48.7 Å². The molecule has 4 rings (SSSR count). The molecule has 1 amide bonds. The first kappa shape index (κ1) is 22.5. The minimum Gasteiger partial charge on any atom is -0.352 e. The van der Waals surface area contributed by atoms with Crippen LogP contribution in [0.1, 0.15) is 26.2 Å². The Morgan fingerprint density at radius 2 is 1.97 bits per heavy atom. The van der Waals surface area contributed by atoms with Crippen LogP contribution < -0.4 is 4.90 Å². The van der Waals surface area contributed by atoms with E-state index >= 15 is 0 Å². The fourth-order valence-electron chi connectivity index (χ4n) is 4.03. The van der Waals surface area contributed by atoms with E-state index in [0.29, 0.717) is 24.5 Å². The number of hydrogen-bond acceptors (Lipinski definition) is 6. The van der Waals surface area contributed by atoms with Gasteiger partial charge in [-0.25, -0.2) is 14.6 Å². The number of unbranched alkanes of at least 4 members (excludes halogenated alkanes) is 1. The van der Waals surface area contributed by atoms with Gasteiger partial charge in [-0.05, 0) is 38.2 Å². The number of rotatable bonds is 8. The molecular weight excluding hydrogens is 426 g/mol. The van der Waals surface area contributed by atoms with Crippen LogP contribution in [0.25, 0.3) is 16.7 Å². The summed E-state index contributed by atoms with van der Waals surface area (Å²) in [6, 6.07) is 7.54. The second-order valence-electron chi connectivity index (χ2n) is 8.25. The molecule has 0 saturated carbocycles. The van der Waals surface area contributed by atoms with Crippen LogP contribution in [0.4, 0.5) is 5.82 Å². The standard InChI is InChI=1S/C23H30ClN7O/c1-3-4-9-28(2)10-8-21(32)29-11-13-30(14-12-29)22-20-16-27-31(23(20)26-17-25-22)19-7-5-6-18(24)15-19/h5-7,15-17H,3-4,8-14H2,1-2H3. The van der Waals surface area contributed by atoms with E-state index in [9.17, 15) is 4.79 Å². The lowest BCUT2D eigenvalue weighted by atomic mass is 10.2. The molecule has 1 aliphatic heterocycles. The number of carbonyl (C=O) groups is 1. The normalized spacial score (nSPS) is 14.5. The maximum Gasteiger partial charge on any atom is 0.223 e. The molecule has 1 aromatic carbocycles. The number of aromatic nitrogens is 4. The number of carbonyl (C=O) groups excluding carboxylic acids is 1. The number of nitrogens with zero attached hydrogens (tertiary/aromatic N) is 7. The number of amides is 1. The van der Waals surface area contributed by atoms with Gasteiger partial charge in [-0.15, -0.1) is 0 Å². The molecule has 1 saturated heterocycles. The zero-order valence-electron chi connectivity index (χ0n) is 18.7. The fraction of sp³-hybridized carbons (Fsp3) is 0.478. The molecule has 0 bridgehead atoms. The molecule has 2 aromatic heterocycles. The van der Waals surface area contributed by atoms with Crippen LogP contribution in [0.3, 0.4) is 0 Å². The summed E-state index contributed by atoms with van der Waals surface area (Å²) < 4.78 is 1.78. The molecule has 1 aliphatic rings. The average Bonchev–Trinajstić information content (AvgIpc) is 3.25. The molecule has 3 aromatic rings. The van der Waals surface area contributed by atoms with Crippen molar-refractivity contribution in [1.29, 1.82) is 0 Å². The SMILES string of the molecule is CCCCN(C)CCC(=O)N1CCN(c2ncnc3c2cnn3-c2cccc(Cl)c2)CC1. The molecule has 170 valence electrons. The Labute approximate surface area is 193 Å². The fourth-order valence-corrected chi connectivity index (χ4v) is 4.22. The third-order valence-electron chi connectivity index (χ3n) is 5.93. The maximum atomic E-state index is 12.7. The van der Waals surface area contributed by atoms with Gasteiger partial charge >= 0.3 is 0 Å². The summed E-state index contributed by atoms with van der Waals surface area (Å²) in [7, 11) is 2.09. The number of benzene rings is 1. The zero-order valence-corrected chi connectivity index (χ0v) is 19.5. The van der Waals surface area contributed by atoms with Crippen molar-refractivity contribution in [3.63, 3.8) is 0 Å². The van der Waals surface area contributed by atoms with Gasteiger partial charge in [0.25, 0.3) is 0 Å². The van der Waals surface area contributed by atoms with Crippen LogP contribution in [0.2, 0.25) is 5.02 Å². The minimum absolute atomic E-state index is 0.231. The summed E-state index contributed by atoms with van der Waals surface area (Å²) in [5, 5.41) is 6.07. The molecule has 0 aliphatic carbocycles. The highest BCUT2D eigenvalue weighted by atomic mass is 35.5. The van der Waals surface area contributed by atoms with Gasteiger partial charge in [0.05, 0.1) is 17.3 Å². The van der Waals surface area contributed by atoms with Gasteiger partial charge in [-0.2, -0.15) is 5.10 Å². The van der Waals surface area contributed by atoms with E-state index < -0.39 is 0 Å². The zero-order chi connectivity index (χ0) is 22.5. The van der Waals surface area contributed by atoms with E-state index in [2.05, 4.69) is 38.8 Å². The Morgan fingerprint density at radius 1 is 1.16 bits per heavy atom. The van der Waals surface area contributed by atoms with E-state index in [1.54, 1.807) is 17.2 Å². The van der Waals surface area contributed by atoms with Crippen molar-refractivity contribution < 1.29 is 4.79 Å². The topological polar surface area (TPSA) is 70.4 Å². The molecule has 0 spiro atoms. The number of piperazine rings is 1. The van der Waals surface area contributed by atoms with Gasteiger partial charge in [-0.3, -0.25) is 4.79 Å². The molecule has 0 unspecified atom stereocenters. The van der Waals surface area contributed by atoms with Crippen LogP contribution in [0, 0.1) is 0 Å². The Balaban J connectivity index is 1.41. The van der Waals surface area contributed by atoms with E-state index in [1.165, 1.54) is 12.8 Å². The van der Waals surface area contributed by atoms with Gasteiger partial charge in [0.1, 0.15) is 12.1 Å². The summed E-state index contributed by atoms with van der Waals surface area (Å²) in [6.07, 6.45) is 6.29. The third-order valence-corrected chi connectivity index (χ3v) is 6.17. The van der Waals surface area contributed by atoms with Gasteiger partial charge in [0, 0.05) is 44.2 Å². The second-order valence-corrected chi connectivity index (χ2v) is 8.68. The third kappa shape index (κ3) is 5.02. The Bertz CT molecular complexity index is 1060. The lowest BCUT2D eigenvalue weighted by Crippen LogP contribution is -2.49. The average molecular weight is 456 g/mol. The molecule has 1 fully saturated rings. The van der Waals surface area contributed by atoms with E-state index in [1.807, 2.05) is 29.2 Å². The van der Waals surface area contributed by atoms with Crippen LogP contribution in [0.15, 0.2) is 36.8 Å². The molecule has 8 nitrogen and oxygen atoms in total. The van der Waals surface area contributed by atoms with Crippen molar-refractivity contribution >= 4 is 34.4 Å². The smallest absolute Gasteiger partial charge is 0.223 e. The summed E-state index contributed by atoms with van der Waals surface area (Å²) >= 11 is 6.15. The molecule has 9 heteroatoms. The van der Waals surface area contributed by atoms with Crippen LogP contribution >= 0.6 is 11.6 Å². The Morgan fingerprint density at radius 3 is 2.72 bits per heavy atom. The minimum atomic E-state index is 0.231. The van der Waals surface area contributed by atoms with Crippen molar-refractivity contribution in [2.45, 2.75) is 26.2 Å². The maximum absolute atomic E-state index is 12.7. The Kier molecular flexibility index (Phi) is 7.22. The summed E-state index contributed by atoms with van der Waals surface area (Å²) in [5.41, 5.74) is 1.60. The van der Waals surface area contributed by atoms with Gasteiger partial charge in [0.2, 0.25) is 5.91 Å². The predicted octanol–water partition coefficient (Wildman–Crippen LogP) is 3.24. The summed E-state index contributed by atoms with van der Waals surface area (Å²) in [6.45, 7) is 6.93. The lowest BCUT2D eigenvalue weighted by molar-refractivity contribution is -0.131. The van der Waals surface area contributed by atoms with Crippen molar-refractivity contribution in [2.75, 3.05) is 51.2 Å². The highest BCUT2D eigenvalue weighted by Gasteiger charge is 2.24. The first-order valence-electron chi connectivity index (χ1n) is 11.2. The monoisotopic (exact) mass is 455 g/mol. The van der Waals surface area contributed by atoms with E-state index in [4.69, 9.17) is 11.6 Å². The largest absolute Gasteiger partial charge is 0.352 e. The van der Waals surface area contributed by atoms with Crippen molar-refractivity contribution in [1.82, 2.24) is 29.5 Å². The Hall–Kier alpha value is -2.71. The number of anilines is 1. The number of halogens is 1. The van der Waals surface area contributed by atoms with Gasteiger partial charge in [-0.1, -0.05) is 31.0 Å². The van der Waals surface area contributed by atoms with Crippen LogP contribution in [-0.4, -0.2) is 81.8 Å². The second kappa shape index (κ2) is 10.3. The van der Waals surface area contributed by atoms with Gasteiger partial charge in [0.15, 0.2) is 5.65 Å². The first-order chi connectivity index (χ1) is 15.6. The molecule has 0 N–H and O–H groups in total. The highest BCUT2D eigenvalue weighted by molar-refractivity contribution is 6.30. The van der Waals surface area contributed by atoms with Crippen molar-refractivity contribution in [2.24, 2.45) is 0 Å². The highest BCUT2D eigenvalue weighted by Crippen LogP contribution is 2.26.